The van der Waals surface area contributed by atoms with Crippen LogP contribution in [0.15, 0.2) is 72.9 Å². The molecule has 0 radical (unpaired) electrons. The van der Waals surface area contributed by atoms with Gasteiger partial charge in [0.25, 0.3) is 5.91 Å². The minimum Gasteiger partial charge on any atom is -0.454 e. The molecule has 2 amide bonds. The summed E-state index contributed by atoms with van der Waals surface area (Å²) < 4.78 is 10.6. The third kappa shape index (κ3) is 4.00. The Kier molecular flexibility index (Phi) is 5.21. The maximum absolute atomic E-state index is 12.9. The van der Waals surface area contributed by atoms with Gasteiger partial charge in [-0.05, 0) is 42.3 Å². The molecule has 0 fully saturated rings. The summed E-state index contributed by atoms with van der Waals surface area (Å²) in [5, 5.41) is 6.84. The number of carbonyl (C=O) groups is 2. The number of ether oxygens (including phenoxy) is 2. The van der Waals surface area contributed by atoms with Crippen LogP contribution in [-0.2, 0) is 11.2 Å². The van der Waals surface area contributed by atoms with E-state index in [1.807, 2.05) is 30.5 Å². The zero-order chi connectivity index (χ0) is 21.9. The number of hydrogen-bond donors (Lipinski definition) is 3. The van der Waals surface area contributed by atoms with Gasteiger partial charge in [0.2, 0.25) is 12.7 Å². The molecule has 32 heavy (non-hydrogen) atoms. The predicted octanol–water partition coefficient (Wildman–Crippen LogP) is 4.72. The Morgan fingerprint density at radius 3 is 2.66 bits per heavy atom. The van der Waals surface area contributed by atoms with Crippen molar-refractivity contribution < 1.29 is 19.1 Å². The zero-order valence-electron chi connectivity index (χ0n) is 17.2. The van der Waals surface area contributed by atoms with Crippen LogP contribution in [0.2, 0.25) is 0 Å². The molecule has 0 bridgehead atoms. The highest BCUT2D eigenvalue weighted by Gasteiger charge is 2.17. The van der Waals surface area contributed by atoms with E-state index >= 15 is 0 Å². The summed E-state index contributed by atoms with van der Waals surface area (Å²) in [5.41, 5.74) is 3.57. The Morgan fingerprint density at radius 1 is 0.906 bits per heavy atom. The number of aryl methyl sites for hydroxylation is 1. The predicted molar refractivity (Wildman–Crippen MR) is 122 cm³/mol. The van der Waals surface area contributed by atoms with Crippen molar-refractivity contribution in [2.45, 2.75) is 12.8 Å². The molecule has 4 aromatic rings. The van der Waals surface area contributed by atoms with Crippen molar-refractivity contribution in [2.24, 2.45) is 0 Å². The van der Waals surface area contributed by atoms with Crippen LogP contribution in [-0.4, -0.2) is 23.6 Å². The van der Waals surface area contributed by atoms with Crippen LogP contribution in [0.25, 0.3) is 10.9 Å². The average Bonchev–Trinajstić information content (AvgIpc) is 3.44. The van der Waals surface area contributed by atoms with E-state index in [4.69, 9.17) is 9.47 Å². The number of H-pyrrole nitrogens is 1. The SMILES string of the molecule is O=C(CCc1c[nH]c2ccccc12)Nc1ccccc1C(=O)Nc1ccc2c(c1)OCO2. The van der Waals surface area contributed by atoms with Crippen LogP contribution in [0.4, 0.5) is 11.4 Å². The van der Waals surface area contributed by atoms with Gasteiger partial charge < -0.3 is 25.1 Å². The van der Waals surface area contributed by atoms with Gasteiger partial charge in [-0.2, -0.15) is 0 Å². The minimum absolute atomic E-state index is 0.154. The smallest absolute Gasteiger partial charge is 0.257 e. The first-order valence-electron chi connectivity index (χ1n) is 10.3. The summed E-state index contributed by atoms with van der Waals surface area (Å²) in [7, 11) is 0. The molecule has 3 N–H and O–H groups in total. The molecule has 1 aliphatic rings. The number of carbonyl (C=O) groups excluding carboxylic acids is 2. The molecular weight excluding hydrogens is 406 g/mol. The molecule has 3 aromatic carbocycles. The van der Waals surface area contributed by atoms with Crippen LogP contribution in [0, 0.1) is 0 Å². The summed E-state index contributed by atoms with van der Waals surface area (Å²) in [6, 6.07) is 20.1. The van der Waals surface area contributed by atoms with Crippen LogP contribution in [0.5, 0.6) is 11.5 Å². The van der Waals surface area contributed by atoms with Crippen molar-refractivity contribution in [2.75, 3.05) is 17.4 Å². The van der Waals surface area contributed by atoms with Crippen molar-refractivity contribution in [1.29, 1.82) is 0 Å². The van der Waals surface area contributed by atoms with Crippen LogP contribution < -0.4 is 20.1 Å². The van der Waals surface area contributed by atoms with Gasteiger partial charge in [-0.1, -0.05) is 30.3 Å². The molecule has 0 unspecified atom stereocenters. The van der Waals surface area contributed by atoms with E-state index in [-0.39, 0.29) is 18.6 Å². The maximum Gasteiger partial charge on any atom is 0.257 e. The maximum atomic E-state index is 12.9. The number of para-hydroxylation sites is 2. The van der Waals surface area contributed by atoms with E-state index in [1.54, 1.807) is 42.5 Å². The Balaban J connectivity index is 1.25. The molecular formula is C25H21N3O4. The van der Waals surface area contributed by atoms with E-state index in [0.29, 0.717) is 41.3 Å². The van der Waals surface area contributed by atoms with Crippen molar-refractivity contribution in [1.82, 2.24) is 4.98 Å². The lowest BCUT2D eigenvalue weighted by Gasteiger charge is -2.12. The Labute approximate surface area is 184 Å². The summed E-state index contributed by atoms with van der Waals surface area (Å²) in [6.07, 6.45) is 2.84. The van der Waals surface area contributed by atoms with Gasteiger partial charge in [0, 0.05) is 35.3 Å². The van der Waals surface area contributed by atoms with Gasteiger partial charge in [-0.25, -0.2) is 0 Å². The highest BCUT2D eigenvalue weighted by molar-refractivity contribution is 6.10. The van der Waals surface area contributed by atoms with Crippen LogP contribution in [0.1, 0.15) is 22.3 Å². The molecule has 7 nitrogen and oxygen atoms in total. The highest BCUT2D eigenvalue weighted by Crippen LogP contribution is 2.34. The van der Waals surface area contributed by atoms with E-state index in [2.05, 4.69) is 15.6 Å². The van der Waals surface area contributed by atoms with E-state index in [0.717, 1.165) is 16.5 Å². The molecule has 2 heterocycles. The number of rotatable bonds is 6. The third-order valence-electron chi connectivity index (χ3n) is 5.37. The molecule has 0 aliphatic carbocycles. The lowest BCUT2D eigenvalue weighted by atomic mass is 10.1. The van der Waals surface area contributed by atoms with E-state index in [9.17, 15) is 9.59 Å². The normalized spacial score (nSPS) is 12.0. The molecule has 7 heteroatoms. The number of benzene rings is 3. The first-order valence-corrected chi connectivity index (χ1v) is 10.3. The Bertz CT molecular complexity index is 1310. The van der Waals surface area contributed by atoms with Crippen molar-refractivity contribution in [3.63, 3.8) is 0 Å². The molecule has 160 valence electrons. The molecule has 0 saturated heterocycles. The fourth-order valence-electron chi connectivity index (χ4n) is 3.76. The molecule has 0 atom stereocenters. The first-order chi connectivity index (χ1) is 15.7. The molecule has 0 saturated carbocycles. The van der Waals surface area contributed by atoms with Gasteiger partial charge in [-0.15, -0.1) is 0 Å². The zero-order valence-corrected chi connectivity index (χ0v) is 17.2. The van der Waals surface area contributed by atoms with Crippen molar-refractivity contribution in [3.05, 3.63) is 84.1 Å². The summed E-state index contributed by atoms with van der Waals surface area (Å²) in [6.45, 7) is 0.167. The summed E-state index contributed by atoms with van der Waals surface area (Å²) >= 11 is 0. The standard InChI is InChI=1S/C25H21N3O4/c29-24(12-9-16-14-26-20-7-3-1-5-18(16)20)28-21-8-4-2-6-19(21)25(30)27-17-10-11-22-23(13-17)32-15-31-22/h1-8,10-11,13-14,26H,9,12,15H2,(H,27,30)(H,28,29). The number of anilines is 2. The van der Waals surface area contributed by atoms with Gasteiger partial charge in [0.1, 0.15) is 0 Å². The van der Waals surface area contributed by atoms with Gasteiger partial charge in [0.05, 0.1) is 11.3 Å². The lowest BCUT2D eigenvalue weighted by molar-refractivity contribution is -0.116. The lowest BCUT2D eigenvalue weighted by Crippen LogP contribution is -2.18. The first kappa shape index (κ1) is 19.7. The summed E-state index contributed by atoms with van der Waals surface area (Å²) in [4.78, 5) is 28.7. The quantitative estimate of drug-likeness (QED) is 0.415. The number of amides is 2. The van der Waals surface area contributed by atoms with Crippen LogP contribution >= 0.6 is 0 Å². The molecule has 1 aliphatic heterocycles. The Hall–Kier alpha value is -4.26. The largest absolute Gasteiger partial charge is 0.454 e. The van der Waals surface area contributed by atoms with E-state index < -0.39 is 0 Å². The number of fused-ring (bicyclic) bond motifs is 2. The topological polar surface area (TPSA) is 92.5 Å². The van der Waals surface area contributed by atoms with Crippen molar-refractivity contribution in [3.8, 4) is 11.5 Å². The second-order valence-electron chi connectivity index (χ2n) is 7.48. The number of nitrogens with one attached hydrogen (secondary N) is 3. The van der Waals surface area contributed by atoms with Crippen molar-refractivity contribution >= 4 is 34.1 Å². The second kappa shape index (κ2) is 8.47. The fourth-order valence-corrected chi connectivity index (χ4v) is 3.76. The number of aromatic nitrogens is 1. The monoisotopic (exact) mass is 427 g/mol. The second-order valence-corrected chi connectivity index (χ2v) is 7.48. The van der Waals surface area contributed by atoms with Gasteiger partial charge in [0.15, 0.2) is 11.5 Å². The number of aromatic amines is 1. The third-order valence-corrected chi connectivity index (χ3v) is 5.37. The summed E-state index contributed by atoms with van der Waals surface area (Å²) in [5.74, 6) is 0.752. The molecule has 1 aromatic heterocycles. The van der Waals surface area contributed by atoms with Gasteiger partial charge >= 0.3 is 0 Å². The highest BCUT2D eigenvalue weighted by atomic mass is 16.7. The average molecular weight is 427 g/mol. The molecule has 5 rings (SSSR count). The van der Waals surface area contributed by atoms with Gasteiger partial charge in [-0.3, -0.25) is 9.59 Å². The van der Waals surface area contributed by atoms with E-state index in [1.165, 1.54) is 0 Å². The van der Waals surface area contributed by atoms with Crippen LogP contribution in [0.3, 0.4) is 0 Å². The molecule has 0 spiro atoms. The number of hydrogen-bond acceptors (Lipinski definition) is 4. The minimum atomic E-state index is -0.323. The Morgan fingerprint density at radius 2 is 1.72 bits per heavy atom. The fraction of sp³-hybridized carbons (Fsp3) is 0.120.